The van der Waals surface area contributed by atoms with E-state index in [0.717, 1.165) is 31.9 Å². The molecule has 0 bridgehead atoms. The van der Waals surface area contributed by atoms with Crippen LogP contribution >= 0.6 is 0 Å². The molecule has 0 spiro atoms. The lowest BCUT2D eigenvalue weighted by Gasteiger charge is -2.38. The topological polar surface area (TPSA) is 34.7 Å². The number of para-hydroxylation sites is 1. The minimum Gasteiger partial charge on any atom is -0.497 e. The zero-order valence-corrected chi connectivity index (χ0v) is 18.6. The van der Waals surface area contributed by atoms with E-state index in [0.29, 0.717) is 5.92 Å². The van der Waals surface area contributed by atoms with Crippen LogP contribution in [0.5, 0.6) is 5.75 Å². The number of likely N-dealkylation sites (tertiary alicyclic amines) is 1. The van der Waals surface area contributed by atoms with Crippen molar-refractivity contribution in [2.24, 2.45) is 0 Å². The second-order valence-electron chi connectivity index (χ2n) is 8.94. The molecule has 164 valence electrons. The summed E-state index contributed by atoms with van der Waals surface area (Å²) >= 11 is 0. The normalized spacial score (nSPS) is 19.2. The number of rotatable bonds is 6. The SMILES string of the molecule is COc1cccc(N2CCN(CCN3CCC(c4c[nH]c5ccccc45)CC3)CC2)c1. The van der Waals surface area contributed by atoms with Gasteiger partial charge in [0.05, 0.1) is 7.11 Å². The lowest BCUT2D eigenvalue weighted by atomic mass is 9.89. The van der Waals surface area contributed by atoms with Crippen molar-refractivity contribution in [2.75, 3.05) is 64.4 Å². The second-order valence-corrected chi connectivity index (χ2v) is 8.94. The Morgan fingerprint density at radius 3 is 2.39 bits per heavy atom. The van der Waals surface area contributed by atoms with Gasteiger partial charge in [0, 0.05) is 68.1 Å². The van der Waals surface area contributed by atoms with Gasteiger partial charge in [0.2, 0.25) is 0 Å². The fourth-order valence-corrected chi connectivity index (χ4v) is 5.22. The van der Waals surface area contributed by atoms with Gasteiger partial charge in [-0.2, -0.15) is 0 Å². The summed E-state index contributed by atoms with van der Waals surface area (Å²) in [4.78, 5) is 11.2. The average Bonchev–Trinajstić information content (AvgIpc) is 3.28. The quantitative estimate of drug-likeness (QED) is 0.651. The summed E-state index contributed by atoms with van der Waals surface area (Å²) in [5.74, 6) is 1.63. The third kappa shape index (κ3) is 4.58. The Hall–Kier alpha value is -2.50. The highest BCUT2D eigenvalue weighted by molar-refractivity contribution is 5.83. The molecule has 1 aromatic heterocycles. The molecule has 2 fully saturated rings. The maximum Gasteiger partial charge on any atom is 0.120 e. The van der Waals surface area contributed by atoms with Gasteiger partial charge in [-0.25, -0.2) is 0 Å². The molecule has 0 radical (unpaired) electrons. The van der Waals surface area contributed by atoms with E-state index < -0.39 is 0 Å². The van der Waals surface area contributed by atoms with Crippen LogP contribution in [-0.4, -0.2) is 74.3 Å². The fourth-order valence-electron chi connectivity index (χ4n) is 5.22. The van der Waals surface area contributed by atoms with Crippen molar-refractivity contribution >= 4 is 16.6 Å². The third-order valence-corrected chi connectivity index (χ3v) is 7.17. The summed E-state index contributed by atoms with van der Waals surface area (Å²) in [5.41, 5.74) is 4.07. The number of piperazine rings is 1. The van der Waals surface area contributed by atoms with Gasteiger partial charge < -0.3 is 19.5 Å². The van der Waals surface area contributed by atoms with Gasteiger partial charge in [-0.1, -0.05) is 24.3 Å². The highest BCUT2D eigenvalue weighted by Crippen LogP contribution is 2.33. The van der Waals surface area contributed by atoms with E-state index in [4.69, 9.17) is 4.74 Å². The second kappa shape index (κ2) is 9.33. The van der Waals surface area contributed by atoms with Gasteiger partial charge in [-0.05, 0) is 55.6 Å². The predicted octanol–water partition coefficient (Wildman–Crippen LogP) is 4.18. The Kier molecular flexibility index (Phi) is 6.14. The lowest BCUT2D eigenvalue weighted by Crippen LogP contribution is -2.49. The first-order valence-corrected chi connectivity index (χ1v) is 11.7. The Bertz CT molecular complexity index is 984. The van der Waals surface area contributed by atoms with E-state index >= 15 is 0 Å². The number of methoxy groups -OCH3 is 1. The van der Waals surface area contributed by atoms with Crippen molar-refractivity contribution < 1.29 is 4.74 Å². The molecule has 0 atom stereocenters. The molecule has 3 heterocycles. The van der Waals surface area contributed by atoms with E-state index in [2.05, 4.69) is 68.3 Å². The van der Waals surface area contributed by atoms with Crippen LogP contribution in [0.3, 0.4) is 0 Å². The number of nitrogens with zero attached hydrogens (tertiary/aromatic N) is 3. The average molecular weight is 419 g/mol. The fraction of sp³-hybridized carbons (Fsp3) is 0.462. The molecule has 2 aliphatic heterocycles. The van der Waals surface area contributed by atoms with Gasteiger partial charge in [-0.15, -0.1) is 0 Å². The number of piperidine rings is 1. The smallest absolute Gasteiger partial charge is 0.120 e. The van der Waals surface area contributed by atoms with Crippen molar-refractivity contribution in [1.29, 1.82) is 0 Å². The molecule has 2 aliphatic rings. The molecule has 2 saturated heterocycles. The Balaban J connectivity index is 1.07. The number of hydrogen-bond acceptors (Lipinski definition) is 4. The van der Waals surface area contributed by atoms with Gasteiger partial charge in [0.15, 0.2) is 0 Å². The van der Waals surface area contributed by atoms with Crippen LogP contribution < -0.4 is 9.64 Å². The molecule has 0 aliphatic carbocycles. The summed E-state index contributed by atoms with van der Waals surface area (Å²) in [6.45, 7) is 9.28. The van der Waals surface area contributed by atoms with Crippen molar-refractivity contribution in [3.05, 3.63) is 60.3 Å². The lowest BCUT2D eigenvalue weighted by molar-refractivity contribution is 0.169. The summed E-state index contributed by atoms with van der Waals surface area (Å²) in [6, 6.07) is 17.1. The van der Waals surface area contributed by atoms with Crippen LogP contribution in [0.25, 0.3) is 10.9 Å². The van der Waals surface area contributed by atoms with E-state index in [1.807, 2.05) is 6.07 Å². The first kappa shape index (κ1) is 20.4. The van der Waals surface area contributed by atoms with Gasteiger partial charge in [0.25, 0.3) is 0 Å². The van der Waals surface area contributed by atoms with Gasteiger partial charge >= 0.3 is 0 Å². The highest BCUT2D eigenvalue weighted by atomic mass is 16.5. The van der Waals surface area contributed by atoms with Crippen LogP contribution in [-0.2, 0) is 0 Å². The summed E-state index contributed by atoms with van der Waals surface area (Å²) in [6.07, 6.45) is 4.78. The molecule has 0 saturated carbocycles. The van der Waals surface area contributed by atoms with Crippen molar-refractivity contribution in [3.63, 3.8) is 0 Å². The number of ether oxygens (including phenoxy) is 1. The third-order valence-electron chi connectivity index (χ3n) is 7.17. The van der Waals surface area contributed by atoms with E-state index in [1.54, 1.807) is 7.11 Å². The highest BCUT2D eigenvalue weighted by Gasteiger charge is 2.24. The number of H-pyrrole nitrogens is 1. The first-order valence-electron chi connectivity index (χ1n) is 11.7. The molecule has 5 nitrogen and oxygen atoms in total. The van der Waals surface area contributed by atoms with Crippen LogP contribution in [0, 0.1) is 0 Å². The molecular formula is C26H34N4O. The van der Waals surface area contributed by atoms with Crippen LogP contribution in [0.2, 0.25) is 0 Å². The summed E-state index contributed by atoms with van der Waals surface area (Å²) in [5, 5.41) is 1.41. The number of anilines is 1. The number of hydrogen-bond donors (Lipinski definition) is 1. The molecule has 0 amide bonds. The van der Waals surface area contributed by atoms with Crippen LogP contribution in [0.1, 0.15) is 24.3 Å². The molecular weight excluding hydrogens is 384 g/mol. The zero-order valence-electron chi connectivity index (χ0n) is 18.6. The van der Waals surface area contributed by atoms with Crippen molar-refractivity contribution in [1.82, 2.24) is 14.8 Å². The largest absolute Gasteiger partial charge is 0.497 e. The number of nitrogens with one attached hydrogen (secondary N) is 1. The summed E-state index contributed by atoms with van der Waals surface area (Å²) < 4.78 is 5.38. The van der Waals surface area contributed by atoms with E-state index in [-0.39, 0.29) is 0 Å². The summed E-state index contributed by atoms with van der Waals surface area (Å²) in [7, 11) is 1.74. The molecule has 31 heavy (non-hydrogen) atoms. The van der Waals surface area contributed by atoms with Crippen molar-refractivity contribution in [2.45, 2.75) is 18.8 Å². The number of aromatic nitrogens is 1. The Morgan fingerprint density at radius 2 is 1.61 bits per heavy atom. The Morgan fingerprint density at radius 1 is 0.871 bits per heavy atom. The van der Waals surface area contributed by atoms with E-state index in [9.17, 15) is 0 Å². The minimum atomic E-state index is 0.693. The predicted molar refractivity (Wildman–Crippen MR) is 128 cm³/mol. The van der Waals surface area contributed by atoms with Gasteiger partial charge in [0.1, 0.15) is 5.75 Å². The molecule has 1 N–H and O–H groups in total. The maximum atomic E-state index is 5.38. The maximum absolute atomic E-state index is 5.38. The van der Waals surface area contributed by atoms with Crippen molar-refractivity contribution in [3.8, 4) is 5.75 Å². The molecule has 2 aromatic carbocycles. The molecule has 5 heteroatoms. The number of benzene rings is 2. The molecule has 3 aromatic rings. The van der Waals surface area contributed by atoms with Crippen LogP contribution in [0.4, 0.5) is 5.69 Å². The monoisotopic (exact) mass is 418 g/mol. The zero-order chi connectivity index (χ0) is 21.0. The van der Waals surface area contributed by atoms with Gasteiger partial charge in [-0.3, -0.25) is 4.90 Å². The first-order chi connectivity index (χ1) is 15.3. The van der Waals surface area contributed by atoms with Crippen LogP contribution in [0.15, 0.2) is 54.7 Å². The minimum absolute atomic E-state index is 0.693. The molecule has 5 rings (SSSR count). The Labute approximate surface area is 185 Å². The van der Waals surface area contributed by atoms with E-state index in [1.165, 1.54) is 61.2 Å². The standard InChI is InChI=1S/C26H34N4O/c1-31-23-6-4-5-22(19-23)30-17-15-29(16-18-30)14-13-28-11-9-21(10-12-28)25-20-27-26-8-3-2-7-24(25)26/h2-8,19-21,27H,9-18H2,1H3. The number of aromatic amines is 1. The number of fused-ring (bicyclic) bond motifs is 1. The molecule has 0 unspecified atom stereocenters.